The summed E-state index contributed by atoms with van der Waals surface area (Å²) in [5.41, 5.74) is 12.2. The Labute approximate surface area is 346 Å². The van der Waals surface area contributed by atoms with E-state index in [1.54, 1.807) is 0 Å². The van der Waals surface area contributed by atoms with E-state index in [1.807, 2.05) is 60.7 Å². The van der Waals surface area contributed by atoms with Gasteiger partial charge in [0.25, 0.3) is 0 Å². The fourth-order valence-corrected chi connectivity index (χ4v) is 9.06. The third-order valence-corrected chi connectivity index (χ3v) is 11.7. The molecular weight excluding hydrogens is 731 g/mol. The monoisotopic (exact) mass is 765 g/mol. The Morgan fingerprint density at radius 3 is 1.37 bits per heavy atom. The molecule has 0 aliphatic heterocycles. The first-order valence-electron chi connectivity index (χ1n) is 20.3. The minimum absolute atomic E-state index is 0.644. The molecule has 0 amide bonds. The van der Waals surface area contributed by atoms with Crippen molar-refractivity contribution in [3.05, 3.63) is 212 Å². The summed E-state index contributed by atoms with van der Waals surface area (Å²) in [4.78, 5) is 15.1. The van der Waals surface area contributed by atoms with E-state index in [4.69, 9.17) is 15.0 Å². The molecule has 3 heterocycles. The van der Waals surface area contributed by atoms with Gasteiger partial charge in [0, 0.05) is 49.6 Å². The molecule has 12 aromatic rings. The van der Waals surface area contributed by atoms with E-state index in [2.05, 4.69) is 161 Å². The maximum Gasteiger partial charge on any atom is 0.164 e. The van der Waals surface area contributed by atoms with Crippen LogP contribution in [-0.4, -0.2) is 24.1 Å². The maximum absolute atomic E-state index is 5.07. The number of nitrogens with zero attached hydrogens (tertiary/aromatic N) is 5. The fraction of sp³-hybridized carbons (Fsp3) is 0. The van der Waals surface area contributed by atoms with Crippen LogP contribution >= 0.6 is 0 Å². The third kappa shape index (κ3) is 5.44. The molecule has 0 aliphatic rings. The molecule has 3 aromatic heterocycles. The highest BCUT2D eigenvalue weighted by molar-refractivity contribution is 6.29. The van der Waals surface area contributed by atoms with Crippen LogP contribution in [0.5, 0.6) is 0 Å². The summed E-state index contributed by atoms with van der Waals surface area (Å²) >= 11 is 0. The average molecular weight is 766 g/mol. The Bertz CT molecular complexity index is 3530. The maximum atomic E-state index is 5.07. The van der Waals surface area contributed by atoms with E-state index in [-0.39, 0.29) is 0 Å². The van der Waals surface area contributed by atoms with Gasteiger partial charge in [-0.1, -0.05) is 164 Å². The van der Waals surface area contributed by atoms with Crippen molar-refractivity contribution in [3.63, 3.8) is 0 Å². The van der Waals surface area contributed by atoms with Gasteiger partial charge in [-0.15, -0.1) is 0 Å². The number of hydrogen-bond donors (Lipinski definition) is 0. The van der Waals surface area contributed by atoms with E-state index in [1.165, 1.54) is 43.7 Å². The predicted molar refractivity (Wildman–Crippen MR) is 248 cm³/mol. The summed E-state index contributed by atoms with van der Waals surface area (Å²) in [7, 11) is 0. The van der Waals surface area contributed by atoms with Gasteiger partial charge in [-0.2, -0.15) is 0 Å². The van der Waals surface area contributed by atoms with Crippen LogP contribution in [0.15, 0.2) is 212 Å². The van der Waals surface area contributed by atoms with Crippen molar-refractivity contribution < 1.29 is 0 Å². The molecule has 0 saturated carbocycles. The van der Waals surface area contributed by atoms with Gasteiger partial charge in [-0.3, -0.25) is 0 Å². The Balaban J connectivity index is 1.05. The fourth-order valence-electron chi connectivity index (χ4n) is 9.06. The second kappa shape index (κ2) is 13.8. The van der Waals surface area contributed by atoms with Gasteiger partial charge in [0.05, 0.1) is 22.1 Å². The van der Waals surface area contributed by atoms with Gasteiger partial charge in [-0.05, 0) is 70.4 Å². The zero-order valence-electron chi connectivity index (χ0n) is 32.4. The van der Waals surface area contributed by atoms with Gasteiger partial charge in [-0.25, -0.2) is 15.0 Å². The van der Waals surface area contributed by atoms with Crippen molar-refractivity contribution in [1.82, 2.24) is 24.1 Å². The molecule has 12 rings (SSSR count). The molecule has 5 heteroatoms. The van der Waals surface area contributed by atoms with Crippen molar-refractivity contribution in [1.29, 1.82) is 0 Å². The first kappa shape index (κ1) is 33.9. The van der Waals surface area contributed by atoms with E-state index in [9.17, 15) is 0 Å². The minimum Gasteiger partial charge on any atom is -0.309 e. The van der Waals surface area contributed by atoms with Gasteiger partial charge >= 0.3 is 0 Å². The van der Waals surface area contributed by atoms with Gasteiger partial charge in [0.15, 0.2) is 17.5 Å². The van der Waals surface area contributed by atoms with Crippen LogP contribution in [0.4, 0.5) is 0 Å². The molecule has 0 atom stereocenters. The highest BCUT2D eigenvalue weighted by Crippen LogP contribution is 2.43. The van der Waals surface area contributed by atoms with E-state index in [0.717, 1.165) is 49.9 Å². The Hall–Kier alpha value is -8.15. The van der Waals surface area contributed by atoms with E-state index < -0.39 is 0 Å². The normalized spacial score (nSPS) is 11.7. The summed E-state index contributed by atoms with van der Waals surface area (Å²) in [6.45, 7) is 0. The Morgan fingerprint density at radius 2 is 0.767 bits per heavy atom. The molecule has 5 nitrogen and oxygen atoms in total. The number of hydrogen-bond acceptors (Lipinski definition) is 3. The molecule has 60 heavy (non-hydrogen) atoms. The molecule has 0 radical (unpaired) electrons. The highest BCUT2D eigenvalue weighted by atomic mass is 15.0. The predicted octanol–water partition coefficient (Wildman–Crippen LogP) is 13.9. The van der Waals surface area contributed by atoms with Crippen molar-refractivity contribution in [2.75, 3.05) is 0 Å². The van der Waals surface area contributed by atoms with Crippen molar-refractivity contribution in [3.8, 4) is 56.7 Å². The number of rotatable bonds is 6. The van der Waals surface area contributed by atoms with E-state index in [0.29, 0.717) is 17.5 Å². The number of aromatic nitrogens is 5. The number of fused-ring (bicyclic) bond motifs is 8. The van der Waals surface area contributed by atoms with Gasteiger partial charge in [0.2, 0.25) is 0 Å². The zero-order valence-corrected chi connectivity index (χ0v) is 32.4. The highest BCUT2D eigenvalue weighted by Gasteiger charge is 2.21. The molecule has 280 valence electrons. The van der Waals surface area contributed by atoms with Crippen molar-refractivity contribution >= 4 is 54.4 Å². The second-order valence-corrected chi connectivity index (χ2v) is 15.2. The molecular formula is C55H35N5. The van der Waals surface area contributed by atoms with Crippen molar-refractivity contribution in [2.45, 2.75) is 0 Å². The van der Waals surface area contributed by atoms with Crippen molar-refractivity contribution in [2.24, 2.45) is 0 Å². The molecule has 0 unspecified atom stereocenters. The first-order valence-corrected chi connectivity index (χ1v) is 20.3. The summed E-state index contributed by atoms with van der Waals surface area (Å²) in [6, 6.07) is 75.1. The van der Waals surface area contributed by atoms with Crippen LogP contribution in [0.25, 0.3) is 111 Å². The number of para-hydroxylation sites is 2. The lowest BCUT2D eigenvalue weighted by Gasteiger charge is -2.13. The average Bonchev–Trinajstić information content (AvgIpc) is 3.85. The standard InChI is InChI=1S/C55H35N5/c1-4-16-36(17-5-1)39-22-14-24-41(34-39)59-47-28-12-10-25-45(47)51-49(59)32-33-50-52(51)46-26-11-13-29-48(46)60(50)42-30-31-43-40(35-42)23-15-27-44(43)55-57-53(37-18-6-2-7-19-37)56-54(58-55)38-20-8-3-9-21-38/h1-35H. The molecule has 0 spiro atoms. The summed E-state index contributed by atoms with van der Waals surface area (Å²) in [5, 5.41) is 7.14. The van der Waals surface area contributed by atoms with E-state index >= 15 is 0 Å². The van der Waals surface area contributed by atoms with Crippen LogP contribution in [0.1, 0.15) is 0 Å². The molecule has 0 aliphatic carbocycles. The smallest absolute Gasteiger partial charge is 0.164 e. The SMILES string of the molecule is c1ccc(-c2cccc(-n3c4ccccc4c4c5c6ccccc6n(-c6ccc7c(-c8nc(-c9ccccc9)nc(-c9ccccc9)n8)cccc7c6)c5ccc43)c2)cc1. The van der Waals surface area contributed by atoms with Gasteiger partial charge in [0.1, 0.15) is 0 Å². The molecule has 0 fully saturated rings. The largest absolute Gasteiger partial charge is 0.309 e. The Kier molecular flexibility index (Phi) is 7.78. The first-order chi connectivity index (χ1) is 29.8. The zero-order chi connectivity index (χ0) is 39.6. The molecule has 0 bridgehead atoms. The molecule has 0 N–H and O–H groups in total. The topological polar surface area (TPSA) is 48.5 Å². The van der Waals surface area contributed by atoms with Crippen LogP contribution in [-0.2, 0) is 0 Å². The molecule has 9 aromatic carbocycles. The van der Waals surface area contributed by atoms with Crippen LogP contribution < -0.4 is 0 Å². The van der Waals surface area contributed by atoms with Crippen LogP contribution in [0.2, 0.25) is 0 Å². The van der Waals surface area contributed by atoms with Crippen LogP contribution in [0, 0.1) is 0 Å². The lowest BCUT2D eigenvalue weighted by molar-refractivity contribution is 1.08. The lowest BCUT2D eigenvalue weighted by atomic mass is 10.0. The Morgan fingerprint density at radius 1 is 0.283 bits per heavy atom. The number of benzene rings is 9. The quantitative estimate of drug-likeness (QED) is 0.169. The minimum atomic E-state index is 0.644. The van der Waals surface area contributed by atoms with Crippen LogP contribution in [0.3, 0.4) is 0 Å². The van der Waals surface area contributed by atoms with Gasteiger partial charge < -0.3 is 9.13 Å². The second-order valence-electron chi connectivity index (χ2n) is 15.2. The summed E-state index contributed by atoms with van der Waals surface area (Å²) in [6.07, 6.45) is 0. The molecule has 0 saturated heterocycles. The lowest BCUT2D eigenvalue weighted by Crippen LogP contribution is -2.00. The summed E-state index contributed by atoms with van der Waals surface area (Å²) < 4.78 is 4.84. The third-order valence-electron chi connectivity index (χ3n) is 11.7. The summed E-state index contributed by atoms with van der Waals surface area (Å²) in [5.74, 6) is 1.94.